The van der Waals surface area contributed by atoms with Gasteiger partial charge in [-0.2, -0.15) is 13.2 Å². The van der Waals surface area contributed by atoms with Gasteiger partial charge in [0.05, 0.1) is 11.3 Å². The third-order valence-corrected chi connectivity index (χ3v) is 3.25. The molecule has 0 fully saturated rings. The van der Waals surface area contributed by atoms with E-state index in [2.05, 4.69) is 10.6 Å². The topological polar surface area (TPSA) is 41.1 Å². The van der Waals surface area contributed by atoms with Gasteiger partial charge in [0, 0.05) is 24.0 Å². The van der Waals surface area contributed by atoms with Crippen molar-refractivity contribution in [1.29, 1.82) is 0 Å². The molecule has 0 spiro atoms. The average molecular weight is 323 g/mol. The van der Waals surface area contributed by atoms with Gasteiger partial charge in [0.1, 0.15) is 0 Å². The number of rotatable bonds is 6. The van der Waals surface area contributed by atoms with Crippen LogP contribution in [0.3, 0.4) is 0 Å². The van der Waals surface area contributed by atoms with E-state index in [1.54, 1.807) is 0 Å². The van der Waals surface area contributed by atoms with Crippen LogP contribution in [0, 0.1) is 0 Å². The summed E-state index contributed by atoms with van der Waals surface area (Å²) in [6, 6.07) is 3.53. The zero-order valence-electron chi connectivity index (χ0n) is 11.9. The molecule has 1 atom stereocenters. The number of alkyl halides is 3. The van der Waals surface area contributed by atoms with Crippen LogP contribution in [0.15, 0.2) is 18.2 Å². The molecule has 0 aliphatic carbocycles. The van der Waals surface area contributed by atoms with Crippen LogP contribution in [0.4, 0.5) is 18.9 Å². The fourth-order valence-corrected chi connectivity index (χ4v) is 1.82. The van der Waals surface area contributed by atoms with E-state index in [9.17, 15) is 18.0 Å². The van der Waals surface area contributed by atoms with Gasteiger partial charge in [-0.15, -0.1) is 0 Å². The monoisotopic (exact) mass is 322 g/mol. The molecule has 21 heavy (non-hydrogen) atoms. The summed E-state index contributed by atoms with van der Waals surface area (Å²) in [7, 11) is 0. The molecule has 0 saturated carbocycles. The van der Waals surface area contributed by atoms with Gasteiger partial charge in [-0.05, 0) is 31.5 Å². The Morgan fingerprint density at radius 2 is 2.05 bits per heavy atom. The highest BCUT2D eigenvalue weighted by molar-refractivity contribution is 6.30. The summed E-state index contributed by atoms with van der Waals surface area (Å²) in [5.74, 6) is -0.473. The first-order chi connectivity index (χ1) is 9.74. The highest BCUT2D eigenvalue weighted by Gasteiger charge is 2.34. The van der Waals surface area contributed by atoms with Crippen molar-refractivity contribution in [3.05, 3.63) is 28.8 Å². The lowest BCUT2D eigenvalue weighted by atomic mass is 10.1. The molecule has 0 saturated heterocycles. The fourth-order valence-electron chi connectivity index (χ4n) is 1.65. The third-order valence-electron chi connectivity index (χ3n) is 3.02. The molecule has 118 valence electrons. The molecular weight excluding hydrogens is 305 g/mol. The van der Waals surface area contributed by atoms with E-state index in [-0.39, 0.29) is 23.2 Å². The first-order valence-corrected chi connectivity index (χ1v) is 7.01. The Kier molecular flexibility index (Phi) is 6.48. The standard InChI is InChI=1S/C14H18ClF3N2O/c1-3-9(2)19-7-6-13(21)20-12-5-4-10(15)8-11(12)14(16,17)18/h4-5,8-9,19H,3,6-7H2,1-2H3,(H,20,21). The van der Waals surface area contributed by atoms with Gasteiger partial charge in [0.2, 0.25) is 5.91 Å². The van der Waals surface area contributed by atoms with Gasteiger partial charge in [-0.1, -0.05) is 18.5 Å². The Labute approximate surface area is 126 Å². The molecule has 3 nitrogen and oxygen atoms in total. The van der Waals surface area contributed by atoms with Crippen molar-refractivity contribution in [3.8, 4) is 0 Å². The number of hydrogen-bond donors (Lipinski definition) is 2. The average Bonchev–Trinajstić information content (AvgIpc) is 2.39. The van der Waals surface area contributed by atoms with Crippen molar-refractivity contribution in [2.24, 2.45) is 0 Å². The maximum Gasteiger partial charge on any atom is 0.418 e. The molecule has 0 aromatic heterocycles. The van der Waals surface area contributed by atoms with Crippen LogP contribution in [-0.4, -0.2) is 18.5 Å². The van der Waals surface area contributed by atoms with Crippen LogP contribution in [0.25, 0.3) is 0 Å². The summed E-state index contributed by atoms with van der Waals surface area (Å²) in [6.45, 7) is 4.38. The van der Waals surface area contributed by atoms with Crippen LogP contribution >= 0.6 is 11.6 Å². The van der Waals surface area contributed by atoms with Crippen LogP contribution in [0.1, 0.15) is 32.3 Å². The second-order valence-electron chi connectivity index (χ2n) is 4.75. The predicted octanol–water partition coefficient (Wildman–Crippen LogP) is 4.08. The van der Waals surface area contributed by atoms with Crippen molar-refractivity contribution in [2.45, 2.75) is 38.9 Å². The van der Waals surface area contributed by atoms with E-state index in [4.69, 9.17) is 11.6 Å². The SMILES string of the molecule is CCC(C)NCCC(=O)Nc1ccc(Cl)cc1C(F)(F)F. The zero-order chi connectivity index (χ0) is 16.0. The number of halogens is 4. The quantitative estimate of drug-likeness (QED) is 0.828. The summed E-state index contributed by atoms with van der Waals surface area (Å²) >= 11 is 5.57. The van der Waals surface area contributed by atoms with E-state index in [1.807, 2.05) is 13.8 Å². The third kappa shape index (κ3) is 5.93. The van der Waals surface area contributed by atoms with Gasteiger partial charge >= 0.3 is 6.18 Å². The molecule has 7 heteroatoms. The molecule has 0 bridgehead atoms. The van der Waals surface area contributed by atoms with E-state index in [0.29, 0.717) is 6.54 Å². The molecule has 0 radical (unpaired) electrons. The minimum atomic E-state index is -4.57. The van der Waals surface area contributed by atoms with Crippen LogP contribution < -0.4 is 10.6 Å². The molecule has 0 aliphatic rings. The van der Waals surface area contributed by atoms with E-state index >= 15 is 0 Å². The summed E-state index contributed by atoms with van der Waals surface area (Å²) in [5.41, 5.74) is -1.22. The van der Waals surface area contributed by atoms with Crippen molar-refractivity contribution in [2.75, 3.05) is 11.9 Å². The van der Waals surface area contributed by atoms with Crippen LogP contribution in [0.5, 0.6) is 0 Å². The van der Waals surface area contributed by atoms with Crippen molar-refractivity contribution >= 4 is 23.2 Å². The van der Waals surface area contributed by atoms with E-state index < -0.39 is 17.6 Å². The molecule has 1 aromatic carbocycles. The largest absolute Gasteiger partial charge is 0.418 e. The van der Waals surface area contributed by atoms with Crippen molar-refractivity contribution in [1.82, 2.24) is 5.32 Å². The number of benzene rings is 1. The van der Waals surface area contributed by atoms with Gasteiger partial charge in [-0.3, -0.25) is 4.79 Å². The van der Waals surface area contributed by atoms with Crippen LogP contribution in [0.2, 0.25) is 5.02 Å². The molecule has 0 aliphatic heterocycles. The molecule has 1 aromatic rings. The lowest BCUT2D eigenvalue weighted by molar-refractivity contribution is -0.137. The highest BCUT2D eigenvalue weighted by atomic mass is 35.5. The van der Waals surface area contributed by atoms with Gasteiger partial charge < -0.3 is 10.6 Å². The zero-order valence-corrected chi connectivity index (χ0v) is 12.6. The first-order valence-electron chi connectivity index (χ1n) is 6.64. The molecule has 0 heterocycles. The Morgan fingerprint density at radius 3 is 2.62 bits per heavy atom. The number of carbonyl (C=O) groups is 1. The summed E-state index contributed by atoms with van der Waals surface area (Å²) in [6.07, 6.45) is -3.55. The maximum absolute atomic E-state index is 12.9. The van der Waals surface area contributed by atoms with Crippen LogP contribution in [-0.2, 0) is 11.0 Å². The smallest absolute Gasteiger partial charge is 0.325 e. The Morgan fingerprint density at radius 1 is 1.38 bits per heavy atom. The number of anilines is 1. The Balaban J connectivity index is 2.68. The summed E-state index contributed by atoms with van der Waals surface area (Å²) in [5, 5.41) is 5.35. The molecular formula is C14H18ClF3N2O. The second kappa shape index (κ2) is 7.66. The predicted molar refractivity (Wildman–Crippen MR) is 77.5 cm³/mol. The number of nitrogens with one attached hydrogen (secondary N) is 2. The Hall–Kier alpha value is -1.27. The fraction of sp³-hybridized carbons (Fsp3) is 0.500. The van der Waals surface area contributed by atoms with E-state index in [0.717, 1.165) is 18.6 Å². The first kappa shape index (κ1) is 17.8. The van der Waals surface area contributed by atoms with Gasteiger partial charge in [0.25, 0.3) is 0 Å². The molecule has 1 rings (SSSR count). The number of amides is 1. The lowest BCUT2D eigenvalue weighted by Crippen LogP contribution is -2.29. The summed E-state index contributed by atoms with van der Waals surface area (Å²) < 4.78 is 38.6. The molecule has 2 N–H and O–H groups in total. The number of hydrogen-bond acceptors (Lipinski definition) is 2. The minimum absolute atomic E-state index is 0.0289. The maximum atomic E-state index is 12.9. The van der Waals surface area contributed by atoms with Crippen molar-refractivity contribution in [3.63, 3.8) is 0 Å². The number of carbonyl (C=O) groups excluding carboxylic acids is 1. The Bertz CT molecular complexity index is 492. The lowest BCUT2D eigenvalue weighted by Gasteiger charge is -2.15. The minimum Gasteiger partial charge on any atom is -0.325 e. The van der Waals surface area contributed by atoms with E-state index in [1.165, 1.54) is 6.07 Å². The molecule has 1 amide bonds. The van der Waals surface area contributed by atoms with Gasteiger partial charge in [0.15, 0.2) is 0 Å². The summed E-state index contributed by atoms with van der Waals surface area (Å²) in [4.78, 5) is 11.7. The second-order valence-corrected chi connectivity index (χ2v) is 5.19. The van der Waals surface area contributed by atoms with Crippen molar-refractivity contribution < 1.29 is 18.0 Å². The highest BCUT2D eigenvalue weighted by Crippen LogP contribution is 2.36. The molecule has 1 unspecified atom stereocenters. The normalized spacial score (nSPS) is 13.0. The van der Waals surface area contributed by atoms with Gasteiger partial charge in [-0.25, -0.2) is 0 Å².